The number of amides is 2. The second kappa shape index (κ2) is 11.0. The standard InChI is InChI=1S/C29H34FN3O6S/c30-25-16-27(23(20-7-8-20)15-24(25)28(34)31-40(36,37)32-13-4-14-32)38-18-21-9-10-22-11-12-26(21)33(22)29(35)39-17-19-5-2-1-3-6-19/h1-3,5-6,15-16,20-22,26H,4,7-14,17-18H2,(H,31,34). The fourth-order valence-electron chi connectivity index (χ4n) is 6.08. The third-order valence-corrected chi connectivity index (χ3v) is 10.1. The van der Waals surface area contributed by atoms with Crippen LogP contribution in [0.2, 0.25) is 0 Å². The molecule has 3 heterocycles. The Morgan fingerprint density at radius 2 is 1.75 bits per heavy atom. The number of ether oxygens (including phenoxy) is 2. The molecule has 2 aromatic carbocycles. The van der Waals surface area contributed by atoms with Crippen molar-refractivity contribution in [2.24, 2.45) is 5.92 Å². The minimum absolute atomic E-state index is 0.00647. The van der Waals surface area contributed by atoms with Crippen LogP contribution in [0, 0.1) is 11.7 Å². The molecule has 1 N–H and O–H groups in total. The molecule has 2 amide bonds. The summed E-state index contributed by atoms with van der Waals surface area (Å²) < 4.78 is 54.8. The molecule has 9 nitrogen and oxygen atoms in total. The molecule has 4 aliphatic rings. The van der Waals surface area contributed by atoms with Crippen molar-refractivity contribution in [3.63, 3.8) is 0 Å². The highest BCUT2D eigenvalue weighted by Gasteiger charge is 2.46. The molecule has 214 valence electrons. The Kier molecular flexibility index (Phi) is 7.43. The first kappa shape index (κ1) is 27.0. The summed E-state index contributed by atoms with van der Waals surface area (Å²) in [6.45, 7) is 1.22. The number of rotatable bonds is 9. The maximum absolute atomic E-state index is 15.1. The van der Waals surface area contributed by atoms with Crippen molar-refractivity contribution in [1.82, 2.24) is 13.9 Å². The van der Waals surface area contributed by atoms with Gasteiger partial charge in [-0.15, -0.1) is 0 Å². The Morgan fingerprint density at radius 3 is 2.45 bits per heavy atom. The number of benzene rings is 2. The number of carbonyl (C=O) groups is 2. The highest BCUT2D eigenvalue weighted by molar-refractivity contribution is 7.87. The van der Waals surface area contributed by atoms with Gasteiger partial charge in [-0.05, 0) is 68.1 Å². The summed E-state index contributed by atoms with van der Waals surface area (Å²) in [5, 5.41) is 0. The number of carbonyl (C=O) groups excluding carboxylic acids is 2. The summed E-state index contributed by atoms with van der Waals surface area (Å²) in [7, 11) is -3.98. The van der Waals surface area contributed by atoms with E-state index in [4.69, 9.17) is 9.47 Å². The van der Waals surface area contributed by atoms with E-state index >= 15 is 4.39 Å². The van der Waals surface area contributed by atoms with Crippen molar-refractivity contribution in [2.75, 3.05) is 19.7 Å². The second-order valence-electron chi connectivity index (χ2n) is 11.2. The molecular formula is C29H34FN3O6S. The predicted molar refractivity (Wildman–Crippen MR) is 144 cm³/mol. The van der Waals surface area contributed by atoms with Gasteiger partial charge in [0.05, 0.1) is 12.2 Å². The molecule has 3 unspecified atom stereocenters. The van der Waals surface area contributed by atoms with Gasteiger partial charge in [-0.25, -0.2) is 13.9 Å². The monoisotopic (exact) mass is 571 g/mol. The number of nitrogens with one attached hydrogen (secondary N) is 1. The Bertz CT molecular complexity index is 1380. The topological polar surface area (TPSA) is 105 Å². The van der Waals surface area contributed by atoms with Gasteiger partial charge in [0.25, 0.3) is 5.91 Å². The summed E-state index contributed by atoms with van der Waals surface area (Å²) >= 11 is 0. The van der Waals surface area contributed by atoms with Gasteiger partial charge in [-0.1, -0.05) is 30.3 Å². The molecule has 0 aromatic heterocycles. The lowest BCUT2D eigenvalue weighted by atomic mass is 9.91. The third kappa shape index (κ3) is 5.54. The maximum atomic E-state index is 15.1. The average molecular weight is 572 g/mol. The number of fused-ring (bicyclic) bond motifs is 2. The quantitative estimate of drug-likeness (QED) is 0.480. The van der Waals surface area contributed by atoms with Gasteiger partial charge in [0, 0.05) is 37.2 Å². The first-order valence-corrected chi connectivity index (χ1v) is 15.5. The highest BCUT2D eigenvalue weighted by Crippen LogP contribution is 2.46. The Hall–Kier alpha value is -3.18. The summed E-state index contributed by atoms with van der Waals surface area (Å²) in [5.41, 5.74) is 1.35. The first-order valence-electron chi connectivity index (χ1n) is 14.1. The molecule has 2 bridgehead atoms. The van der Waals surface area contributed by atoms with E-state index in [2.05, 4.69) is 0 Å². The van der Waals surface area contributed by atoms with Crippen LogP contribution in [0.25, 0.3) is 0 Å². The minimum Gasteiger partial charge on any atom is -0.493 e. The zero-order valence-corrected chi connectivity index (χ0v) is 23.1. The van der Waals surface area contributed by atoms with Gasteiger partial charge < -0.3 is 14.4 Å². The van der Waals surface area contributed by atoms with E-state index in [1.807, 2.05) is 40.0 Å². The number of nitrogens with zero attached hydrogens (tertiary/aromatic N) is 2. The Balaban J connectivity index is 1.12. The van der Waals surface area contributed by atoms with E-state index in [0.29, 0.717) is 31.0 Å². The van der Waals surface area contributed by atoms with Crippen LogP contribution in [0.1, 0.15) is 72.3 Å². The average Bonchev–Trinajstić information content (AvgIpc) is 3.69. The molecule has 2 aromatic rings. The molecule has 3 saturated heterocycles. The van der Waals surface area contributed by atoms with E-state index in [9.17, 15) is 18.0 Å². The molecule has 1 saturated carbocycles. The van der Waals surface area contributed by atoms with Crippen molar-refractivity contribution in [2.45, 2.75) is 69.6 Å². The van der Waals surface area contributed by atoms with E-state index in [-0.39, 0.29) is 42.2 Å². The van der Waals surface area contributed by atoms with Gasteiger partial charge in [-0.3, -0.25) is 4.79 Å². The van der Waals surface area contributed by atoms with Gasteiger partial charge in [0.1, 0.15) is 18.2 Å². The number of hydrogen-bond acceptors (Lipinski definition) is 6. The van der Waals surface area contributed by atoms with Crippen molar-refractivity contribution in [1.29, 1.82) is 0 Å². The molecular weight excluding hydrogens is 537 g/mol. The van der Waals surface area contributed by atoms with Crippen LogP contribution in [0.4, 0.5) is 9.18 Å². The number of piperidine rings is 1. The van der Waals surface area contributed by atoms with Crippen LogP contribution in [0.3, 0.4) is 0 Å². The van der Waals surface area contributed by atoms with E-state index in [1.165, 1.54) is 12.1 Å². The fourth-order valence-corrected chi connectivity index (χ4v) is 7.29. The predicted octanol–water partition coefficient (Wildman–Crippen LogP) is 4.34. The van der Waals surface area contributed by atoms with Gasteiger partial charge in [0.2, 0.25) is 0 Å². The van der Waals surface area contributed by atoms with Gasteiger partial charge in [-0.2, -0.15) is 12.7 Å². The van der Waals surface area contributed by atoms with E-state index in [1.54, 1.807) is 0 Å². The van der Waals surface area contributed by atoms with Crippen LogP contribution in [0.5, 0.6) is 5.75 Å². The minimum atomic E-state index is -3.98. The van der Waals surface area contributed by atoms with Crippen LogP contribution >= 0.6 is 0 Å². The summed E-state index contributed by atoms with van der Waals surface area (Å²) in [6, 6.07) is 12.4. The van der Waals surface area contributed by atoms with Crippen LogP contribution < -0.4 is 9.46 Å². The summed E-state index contributed by atoms with van der Waals surface area (Å²) in [5.74, 6) is -1.22. The van der Waals surface area contributed by atoms with Gasteiger partial charge >= 0.3 is 16.3 Å². The molecule has 4 fully saturated rings. The Labute approximate surface area is 233 Å². The van der Waals surface area contributed by atoms with Crippen LogP contribution in [0.15, 0.2) is 42.5 Å². The SMILES string of the molecule is O=C(NS(=O)(=O)N1CCC1)c1cc(C2CC2)c(OCC2CCC3CCC2N3C(=O)OCc2ccccc2)cc1F. The zero-order valence-electron chi connectivity index (χ0n) is 22.3. The van der Waals surface area contributed by atoms with Crippen LogP contribution in [-0.4, -0.2) is 61.4 Å². The highest BCUT2D eigenvalue weighted by atomic mass is 32.2. The maximum Gasteiger partial charge on any atom is 0.410 e. The first-order chi connectivity index (χ1) is 19.3. The van der Waals surface area contributed by atoms with Crippen molar-refractivity contribution >= 4 is 22.2 Å². The van der Waals surface area contributed by atoms with E-state index in [0.717, 1.165) is 54.8 Å². The van der Waals surface area contributed by atoms with Crippen molar-refractivity contribution < 1.29 is 31.9 Å². The molecule has 6 rings (SSSR count). The fraction of sp³-hybridized carbons (Fsp3) is 0.517. The normalized spacial score (nSPS) is 24.3. The lowest BCUT2D eigenvalue weighted by molar-refractivity contribution is 0.0361. The van der Waals surface area contributed by atoms with Crippen molar-refractivity contribution in [3.8, 4) is 5.75 Å². The summed E-state index contributed by atoms with van der Waals surface area (Å²) in [4.78, 5) is 27.6. The molecule has 0 radical (unpaired) electrons. The molecule has 3 aliphatic heterocycles. The second-order valence-corrected chi connectivity index (χ2v) is 12.9. The molecule has 3 atom stereocenters. The molecule has 40 heavy (non-hydrogen) atoms. The Morgan fingerprint density at radius 1 is 1.00 bits per heavy atom. The summed E-state index contributed by atoms with van der Waals surface area (Å²) in [6.07, 6.45) is 5.76. The molecule has 11 heteroatoms. The molecule has 0 spiro atoms. The largest absolute Gasteiger partial charge is 0.493 e. The zero-order chi connectivity index (χ0) is 27.9. The van der Waals surface area contributed by atoms with Gasteiger partial charge in [0.15, 0.2) is 0 Å². The van der Waals surface area contributed by atoms with Crippen molar-refractivity contribution in [3.05, 3.63) is 65.0 Å². The smallest absolute Gasteiger partial charge is 0.410 e. The lowest BCUT2D eigenvalue weighted by Gasteiger charge is -2.39. The number of halogens is 1. The van der Waals surface area contributed by atoms with Crippen LogP contribution in [-0.2, 0) is 21.6 Å². The van der Waals surface area contributed by atoms with E-state index < -0.39 is 21.9 Å². The molecule has 1 aliphatic carbocycles. The third-order valence-electron chi connectivity index (χ3n) is 8.57. The number of hydrogen-bond donors (Lipinski definition) is 1. The lowest BCUT2D eigenvalue weighted by Crippen LogP contribution is -2.50.